The van der Waals surface area contributed by atoms with Crippen LogP contribution in [-0.4, -0.2) is 38.5 Å². The van der Waals surface area contributed by atoms with E-state index in [1.54, 1.807) is 24.0 Å². The summed E-state index contributed by atoms with van der Waals surface area (Å²) in [7, 11) is -0.448. The van der Waals surface area contributed by atoms with E-state index in [1.165, 1.54) is 29.7 Å². The van der Waals surface area contributed by atoms with Crippen LogP contribution in [0.3, 0.4) is 0 Å². The summed E-state index contributed by atoms with van der Waals surface area (Å²) in [5.41, 5.74) is 0.493. The highest BCUT2D eigenvalue weighted by Crippen LogP contribution is 2.33. The zero-order valence-corrected chi connectivity index (χ0v) is 12.5. The molecule has 0 aliphatic carbocycles. The van der Waals surface area contributed by atoms with Crippen molar-refractivity contribution in [2.24, 2.45) is 7.05 Å². The van der Waals surface area contributed by atoms with E-state index >= 15 is 0 Å². The normalized spacial score (nSPS) is 14.0. The first-order valence-corrected chi connectivity index (χ1v) is 7.80. The Kier molecular flexibility index (Phi) is 3.25. The average molecular weight is 309 g/mol. The molecule has 0 N–H and O–H groups in total. The summed E-state index contributed by atoms with van der Waals surface area (Å²) in [5, 5.41) is 3.98. The van der Waals surface area contributed by atoms with Gasteiger partial charge in [-0.25, -0.2) is 8.42 Å². The molecule has 1 aromatic heterocycles. The second-order valence-corrected chi connectivity index (χ2v) is 6.62. The number of benzene rings is 1. The summed E-state index contributed by atoms with van der Waals surface area (Å²) in [6.45, 7) is 0.879. The molecule has 0 amide bonds. The zero-order chi connectivity index (χ0) is 15.0. The van der Waals surface area contributed by atoms with Crippen LogP contribution in [0.15, 0.2) is 35.5 Å². The number of hydrogen-bond donors (Lipinski definition) is 0. The maximum atomic E-state index is 12.6. The molecular weight excluding hydrogens is 294 g/mol. The molecule has 0 saturated carbocycles. The molecule has 0 radical (unpaired) electrons. The van der Waals surface area contributed by atoms with Crippen molar-refractivity contribution in [3.05, 3.63) is 30.6 Å². The summed E-state index contributed by atoms with van der Waals surface area (Å²) >= 11 is 0. The molecule has 0 fully saturated rings. The Bertz CT molecular complexity index is 769. The van der Waals surface area contributed by atoms with Crippen molar-refractivity contribution >= 4 is 15.7 Å². The molecule has 8 heteroatoms. The van der Waals surface area contributed by atoms with Gasteiger partial charge in [-0.1, -0.05) is 0 Å². The molecular formula is C13H15N3O4S. The van der Waals surface area contributed by atoms with Gasteiger partial charge in [-0.15, -0.1) is 0 Å². The van der Waals surface area contributed by atoms with Crippen LogP contribution in [0.1, 0.15) is 0 Å². The highest BCUT2D eigenvalue weighted by Gasteiger charge is 2.24. The Morgan fingerprint density at radius 1 is 1.24 bits per heavy atom. The largest absolute Gasteiger partial charge is 0.486 e. The summed E-state index contributed by atoms with van der Waals surface area (Å²) in [6.07, 6.45) is 3.13. The van der Waals surface area contributed by atoms with E-state index in [4.69, 9.17) is 9.47 Å². The fourth-order valence-electron chi connectivity index (χ4n) is 2.05. The van der Waals surface area contributed by atoms with E-state index in [2.05, 4.69) is 5.10 Å². The van der Waals surface area contributed by atoms with Crippen LogP contribution in [0, 0.1) is 0 Å². The summed E-state index contributed by atoms with van der Waals surface area (Å²) in [6, 6.07) is 4.60. The SMILES string of the molecule is CN(c1cnn(C)c1)S(=O)(=O)c1ccc2c(c1)OCCO2. The van der Waals surface area contributed by atoms with Crippen LogP contribution in [0.2, 0.25) is 0 Å². The maximum Gasteiger partial charge on any atom is 0.264 e. The highest BCUT2D eigenvalue weighted by molar-refractivity contribution is 7.92. The first-order chi connectivity index (χ1) is 9.98. The molecule has 7 nitrogen and oxygen atoms in total. The minimum Gasteiger partial charge on any atom is -0.486 e. The quantitative estimate of drug-likeness (QED) is 0.846. The number of fused-ring (bicyclic) bond motifs is 1. The van der Waals surface area contributed by atoms with Crippen molar-refractivity contribution in [3.8, 4) is 11.5 Å². The number of sulfonamides is 1. The van der Waals surface area contributed by atoms with Crippen molar-refractivity contribution in [2.75, 3.05) is 24.6 Å². The lowest BCUT2D eigenvalue weighted by molar-refractivity contribution is 0.171. The molecule has 3 rings (SSSR count). The van der Waals surface area contributed by atoms with E-state index in [-0.39, 0.29) is 4.90 Å². The van der Waals surface area contributed by atoms with E-state index in [9.17, 15) is 8.42 Å². The van der Waals surface area contributed by atoms with Crippen molar-refractivity contribution in [2.45, 2.75) is 4.90 Å². The van der Waals surface area contributed by atoms with Gasteiger partial charge < -0.3 is 9.47 Å². The van der Waals surface area contributed by atoms with Gasteiger partial charge in [0.2, 0.25) is 0 Å². The number of anilines is 1. The Balaban J connectivity index is 1.98. The molecule has 1 aliphatic heterocycles. The third kappa shape index (κ3) is 2.42. The standard InChI is InChI=1S/C13H15N3O4S/c1-15-9-10(8-14-15)16(2)21(17,18)11-3-4-12-13(7-11)20-6-5-19-12/h3-4,7-9H,5-6H2,1-2H3. The Morgan fingerprint density at radius 2 is 1.95 bits per heavy atom. The average Bonchev–Trinajstić information content (AvgIpc) is 2.92. The topological polar surface area (TPSA) is 73.7 Å². The second-order valence-electron chi connectivity index (χ2n) is 4.65. The number of rotatable bonds is 3. The predicted molar refractivity (Wildman–Crippen MR) is 76.2 cm³/mol. The van der Waals surface area contributed by atoms with Gasteiger partial charge in [0, 0.05) is 26.4 Å². The van der Waals surface area contributed by atoms with Gasteiger partial charge in [0.25, 0.3) is 10.0 Å². The molecule has 112 valence electrons. The monoisotopic (exact) mass is 309 g/mol. The molecule has 1 aliphatic rings. The molecule has 0 unspecified atom stereocenters. The minimum absolute atomic E-state index is 0.151. The molecule has 0 atom stereocenters. The van der Waals surface area contributed by atoms with Crippen LogP contribution in [0.25, 0.3) is 0 Å². The fraction of sp³-hybridized carbons (Fsp3) is 0.308. The lowest BCUT2D eigenvalue weighted by atomic mass is 10.3. The number of ether oxygens (including phenoxy) is 2. The molecule has 1 aromatic carbocycles. The molecule has 2 aromatic rings. The first kappa shape index (κ1) is 13.7. The lowest BCUT2D eigenvalue weighted by Crippen LogP contribution is -2.26. The van der Waals surface area contributed by atoms with Crippen LogP contribution in [0.5, 0.6) is 11.5 Å². The molecule has 0 bridgehead atoms. The Hall–Kier alpha value is -2.22. The van der Waals surface area contributed by atoms with Gasteiger partial charge in [0.1, 0.15) is 13.2 Å². The molecule has 2 heterocycles. The third-order valence-corrected chi connectivity index (χ3v) is 5.01. The number of aryl methyl sites for hydroxylation is 1. The van der Waals surface area contributed by atoms with Crippen LogP contribution in [0.4, 0.5) is 5.69 Å². The lowest BCUT2D eigenvalue weighted by Gasteiger charge is -2.21. The first-order valence-electron chi connectivity index (χ1n) is 6.36. The van der Waals surface area contributed by atoms with Crippen LogP contribution in [-0.2, 0) is 17.1 Å². The van der Waals surface area contributed by atoms with Gasteiger partial charge in [-0.05, 0) is 12.1 Å². The Morgan fingerprint density at radius 3 is 2.62 bits per heavy atom. The number of aromatic nitrogens is 2. The maximum absolute atomic E-state index is 12.6. The van der Waals surface area contributed by atoms with Crippen molar-refractivity contribution in [3.63, 3.8) is 0 Å². The minimum atomic E-state index is -3.67. The third-order valence-electron chi connectivity index (χ3n) is 3.23. The molecule has 0 spiro atoms. The van der Waals surface area contributed by atoms with Crippen LogP contribution >= 0.6 is 0 Å². The van der Waals surface area contributed by atoms with E-state index < -0.39 is 10.0 Å². The van der Waals surface area contributed by atoms with Gasteiger partial charge in [-0.3, -0.25) is 8.99 Å². The van der Waals surface area contributed by atoms with Gasteiger partial charge in [0.05, 0.1) is 16.8 Å². The second kappa shape index (κ2) is 4.96. The number of nitrogens with zero attached hydrogens (tertiary/aromatic N) is 3. The summed E-state index contributed by atoms with van der Waals surface area (Å²) < 4.78 is 38.8. The van der Waals surface area contributed by atoms with Gasteiger partial charge in [0.15, 0.2) is 11.5 Å². The molecule has 0 saturated heterocycles. The number of hydrogen-bond acceptors (Lipinski definition) is 5. The fourth-order valence-corrected chi connectivity index (χ4v) is 3.24. The van der Waals surface area contributed by atoms with E-state index in [1.807, 2.05) is 0 Å². The van der Waals surface area contributed by atoms with E-state index in [0.717, 1.165) is 0 Å². The highest BCUT2D eigenvalue weighted by atomic mass is 32.2. The van der Waals surface area contributed by atoms with Crippen molar-refractivity contribution < 1.29 is 17.9 Å². The summed E-state index contributed by atoms with van der Waals surface area (Å²) in [5.74, 6) is 1.01. The zero-order valence-electron chi connectivity index (χ0n) is 11.7. The van der Waals surface area contributed by atoms with Crippen molar-refractivity contribution in [1.82, 2.24) is 9.78 Å². The van der Waals surface area contributed by atoms with Crippen LogP contribution < -0.4 is 13.8 Å². The van der Waals surface area contributed by atoms with Gasteiger partial charge in [-0.2, -0.15) is 5.10 Å². The van der Waals surface area contributed by atoms with Gasteiger partial charge >= 0.3 is 0 Å². The van der Waals surface area contributed by atoms with Crippen molar-refractivity contribution in [1.29, 1.82) is 0 Å². The van der Waals surface area contributed by atoms with E-state index in [0.29, 0.717) is 30.4 Å². The molecule has 21 heavy (non-hydrogen) atoms. The smallest absolute Gasteiger partial charge is 0.264 e. The summed E-state index contributed by atoms with van der Waals surface area (Å²) in [4.78, 5) is 0.151. The predicted octanol–water partition coefficient (Wildman–Crippen LogP) is 1.02. The Labute approximate surface area is 122 Å².